The number of carbonyl (C=O) groups is 3. The number of benzene rings is 1. The molecule has 2 heterocycles. The van der Waals surface area contributed by atoms with Gasteiger partial charge in [-0.2, -0.15) is 0 Å². The first kappa shape index (κ1) is 20.6. The molecule has 11 heteroatoms. The van der Waals surface area contributed by atoms with Gasteiger partial charge < -0.3 is 15.1 Å². The third-order valence-electron chi connectivity index (χ3n) is 4.32. The van der Waals surface area contributed by atoms with Gasteiger partial charge in [-0.25, -0.2) is 18.6 Å². The number of hydrogen-bond donors (Lipinski definition) is 2. The highest BCUT2D eigenvalue weighted by molar-refractivity contribution is 7.13. The summed E-state index contributed by atoms with van der Waals surface area (Å²) in [6.45, 7) is 3.32. The molecule has 1 aromatic heterocycles. The fourth-order valence-corrected chi connectivity index (χ4v) is 3.48. The van der Waals surface area contributed by atoms with Crippen LogP contribution in [0, 0.1) is 11.6 Å². The number of hydrogen-bond acceptors (Lipinski definition) is 5. The molecule has 8 nitrogen and oxygen atoms in total. The number of urea groups is 1. The van der Waals surface area contributed by atoms with Crippen LogP contribution in [0.15, 0.2) is 23.6 Å². The molecule has 2 N–H and O–H groups in total. The molecule has 1 aliphatic rings. The van der Waals surface area contributed by atoms with Crippen LogP contribution in [-0.4, -0.2) is 58.8 Å². The molecule has 29 heavy (non-hydrogen) atoms. The van der Waals surface area contributed by atoms with Crippen LogP contribution in [-0.2, 0) is 16.0 Å². The van der Waals surface area contributed by atoms with Crippen LogP contribution in [0.2, 0.25) is 0 Å². The molecule has 1 aromatic carbocycles. The van der Waals surface area contributed by atoms with Crippen molar-refractivity contribution in [3.05, 3.63) is 40.9 Å². The molecule has 0 aliphatic carbocycles. The van der Waals surface area contributed by atoms with Crippen molar-refractivity contribution < 1.29 is 23.2 Å². The summed E-state index contributed by atoms with van der Waals surface area (Å²) in [4.78, 5) is 43.2. The molecular formula is C18H19F2N5O3S. The van der Waals surface area contributed by atoms with E-state index in [4.69, 9.17) is 0 Å². The van der Waals surface area contributed by atoms with E-state index in [9.17, 15) is 23.2 Å². The summed E-state index contributed by atoms with van der Waals surface area (Å²) in [5.41, 5.74) is 0.578. The van der Waals surface area contributed by atoms with Gasteiger partial charge >= 0.3 is 6.03 Å². The van der Waals surface area contributed by atoms with E-state index in [-0.39, 0.29) is 24.0 Å². The van der Waals surface area contributed by atoms with Crippen LogP contribution in [0.4, 0.5) is 24.4 Å². The van der Waals surface area contributed by atoms with Gasteiger partial charge in [-0.1, -0.05) is 0 Å². The molecular weight excluding hydrogens is 404 g/mol. The number of anilines is 2. The molecule has 0 saturated carbocycles. The Morgan fingerprint density at radius 2 is 1.76 bits per heavy atom. The lowest BCUT2D eigenvalue weighted by molar-refractivity contribution is -0.130. The van der Waals surface area contributed by atoms with E-state index in [1.165, 1.54) is 24.3 Å². The van der Waals surface area contributed by atoms with Gasteiger partial charge in [0.25, 0.3) is 0 Å². The van der Waals surface area contributed by atoms with Gasteiger partial charge in [-0.05, 0) is 12.1 Å². The number of thiazole rings is 1. The molecule has 1 saturated heterocycles. The van der Waals surface area contributed by atoms with Crippen molar-refractivity contribution in [2.75, 3.05) is 36.8 Å². The molecule has 1 fully saturated rings. The second kappa shape index (κ2) is 8.95. The zero-order valence-electron chi connectivity index (χ0n) is 15.6. The van der Waals surface area contributed by atoms with Gasteiger partial charge in [0.15, 0.2) is 16.8 Å². The Morgan fingerprint density at radius 1 is 1.07 bits per heavy atom. The fraction of sp³-hybridized carbons (Fsp3) is 0.333. The Bertz CT molecular complexity index is 928. The molecule has 0 atom stereocenters. The monoisotopic (exact) mass is 423 g/mol. The number of rotatable bonds is 4. The predicted molar refractivity (Wildman–Crippen MR) is 104 cm³/mol. The predicted octanol–water partition coefficient (Wildman–Crippen LogP) is 2.30. The summed E-state index contributed by atoms with van der Waals surface area (Å²) in [7, 11) is 0. The van der Waals surface area contributed by atoms with Crippen LogP contribution in [0.5, 0.6) is 0 Å². The van der Waals surface area contributed by atoms with Crippen molar-refractivity contribution in [1.29, 1.82) is 0 Å². The van der Waals surface area contributed by atoms with E-state index < -0.39 is 17.5 Å². The lowest BCUT2D eigenvalue weighted by atomic mass is 10.2. The van der Waals surface area contributed by atoms with Crippen molar-refractivity contribution in [2.45, 2.75) is 13.3 Å². The quantitative estimate of drug-likeness (QED) is 0.789. The third-order valence-corrected chi connectivity index (χ3v) is 5.13. The minimum atomic E-state index is -1.05. The molecule has 1 aliphatic heterocycles. The lowest BCUT2D eigenvalue weighted by Gasteiger charge is -2.33. The van der Waals surface area contributed by atoms with Crippen molar-refractivity contribution in [3.63, 3.8) is 0 Å². The third kappa shape index (κ3) is 5.47. The molecule has 2 aromatic rings. The molecule has 4 amide bonds. The second-order valence-corrected chi connectivity index (χ2v) is 7.28. The van der Waals surface area contributed by atoms with Gasteiger partial charge in [0.05, 0.1) is 12.1 Å². The fourth-order valence-electron chi connectivity index (χ4n) is 2.78. The zero-order chi connectivity index (χ0) is 21.0. The maximum Gasteiger partial charge on any atom is 0.323 e. The first-order chi connectivity index (χ1) is 13.8. The van der Waals surface area contributed by atoms with Gasteiger partial charge in [0, 0.05) is 50.2 Å². The summed E-state index contributed by atoms with van der Waals surface area (Å²) in [5.74, 6) is -2.51. The Hall–Kier alpha value is -3.08. The highest BCUT2D eigenvalue weighted by atomic mass is 32.1. The summed E-state index contributed by atoms with van der Waals surface area (Å²) < 4.78 is 26.1. The number of aromatic nitrogens is 1. The minimum Gasteiger partial charge on any atom is -0.339 e. The molecule has 0 spiro atoms. The largest absolute Gasteiger partial charge is 0.339 e. The maximum absolute atomic E-state index is 13.2. The second-order valence-electron chi connectivity index (χ2n) is 6.42. The number of piperazine rings is 1. The highest BCUT2D eigenvalue weighted by Crippen LogP contribution is 2.18. The number of carbonyl (C=O) groups excluding carboxylic acids is 3. The van der Waals surface area contributed by atoms with E-state index >= 15 is 0 Å². The average molecular weight is 423 g/mol. The standard InChI is InChI=1S/C18H19F2N5O3S/c1-11(26)24-4-6-25(7-5-24)18(28)23-17-22-13(10-29-17)9-16(27)21-12-2-3-14(19)15(20)8-12/h2-3,8,10H,4-7,9H2,1H3,(H,21,27)(H,22,23,28). The van der Waals surface area contributed by atoms with E-state index in [2.05, 4.69) is 15.6 Å². The van der Waals surface area contributed by atoms with Crippen LogP contribution in [0.3, 0.4) is 0 Å². The van der Waals surface area contributed by atoms with E-state index in [0.29, 0.717) is 37.0 Å². The summed E-state index contributed by atoms with van der Waals surface area (Å²) >= 11 is 1.18. The molecule has 0 bridgehead atoms. The SMILES string of the molecule is CC(=O)N1CCN(C(=O)Nc2nc(CC(=O)Nc3ccc(F)c(F)c3)cs2)CC1. The van der Waals surface area contributed by atoms with Crippen molar-refractivity contribution in [2.24, 2.45) is 0 Å². The maximum atomic E-state index is 13.2. The first-order valence-electron chi connectivity index (χ1n) is 8.82. The number of nitrogens with one attached hydrogen (secondary N) is 2. The van der Waals surface area contributed by atoms with Crippen LogP contribution in [0.1, 0.15) is 12.6 Å². The molecule has 154 valence electrons. The highest BCUT2D eigenvalue weighted by Gasteiger charge is 2.23. The number of halogens is 2. The summed E-state index contributed by atoms with van der Waals surface area (Å²) in [6, 6.07) is 2.76. The molecule has 0 unspecified atom stereocenters. The van der Waals surface area contributed by atoms with Gasteiger partial charge in [0.1, 0.15) is 0 Å². The Balaban J connectivity index is 1.50. The van der Waals surface area contributed by atoms with E-state index in [1.807, 2.05) is 0 Å². The number of nitrogens with zero attached hydrogens (tertiary/aromatic N) is 3. The van der Waals surface area contributed by atoms with E-state index in [1.54, 1.807) is 15.2 Å². The van der Waals surface area contributed by atoms with Crippen molar-refractivity contribution in [3.8, 4) is 0 Å². The summed E-state index contributed by atoms with van der Waals surface area (Å²) in [5, 5.41) is 7.13. The van der Waals surface area contributed by atoms with Gasteiger partial charge in [0.2, 0.25) is 11.8 Å². The molecule has 3 rings (SSSR count). The van der Waals surface area contributed by atoms with Crippen molar-refractivity contribution >= 4 is 40.0 Å². The van der Waals surface area contributed by atoms with Gasteiger partial charge in [-0.15, -0.1) is 11.3 Å². The number of amides is 4. The summed E-state index contributed by atoms with van der Waals surface area (Å²) in [6.07, 6.45) is -0.0807. The normalized spacial score (nSPS) is 13.9. The minimum absolute atomic E-state index is 0.0173. The topological polar surface area (TPSA) is 94.6 Å². The Kier molecular flexibility index (Phi) is 6.37. The van der Waals surface area contributed by atoms with Gasteiger partial charge in [-0.3, -0.25) is 14.9 Å². The van der Waals surface area contributed by atoms with Crippen LogP contribution < -0.4 is 10.6 Å². The van der Waals surface area contributed by atoms with Crippen LogP contribution in [0.25, 0.3) is 0 Å². The zero-order valence-corrected chi connectivity index (χ0v) is 16.4. The first-order valence-corrected chi connectivity index (χ1v) is 9.70. The smallest absolute Gasteiger partial charge is 0.323 e. The molecule has 0 radical (unpaired) electrons. The average Bonchev–Trinajstić information content (AvgIpc) is 3.11. The van der Waals surface area contributed by atoms with Crippen LogP contribution >= 0.6 is 11.3 Å². The van der Waals surface area contributed by atoms with Crippen molar-refractivity contribution in [1.82, 2.24) is 14.8 Å². The Morgan fingerprint density at radius 3 is 2.41 bits per heavy atom. The van der Waals surface area contributed by atoms with E-state index in [0.717, 1.165) is 12.1 Å². The Labute approximate surface area is 169 Å². The lowest BCUT2D eigenvalue weighted by Crippen LogP contribution is -2.51.